The number of carbonyl (C=O) groups is 1. The summed E-state index contributed by atoms with van der Waals surface area (Å²) in [6.07, 6.45) is 2.60. The molecular weight excluding hydrogens is 613 g/mol. The standard InChI is InChI=1S/C34H43ClFN5O3S/c1-3-41(45(2,43)44)24-33(30-10-6-7-11-31(30)36)39-16-18-40(19-17-39)34(42)32(20-25-12-14-28(35)15-13-25)38-23-29-21-26-8-4-5-9-27(26)22-37-29/h4-15,29,32-33,37-38H,3,16-24H2,1-2H3/t29-,32-,33?/m1/s1. The Hall–Kier alpha value is -2.86. The summed E-state index contributed by atoms with van der Waals surface area (Å²) in [7, 11) is -3.47. The minimum atomic E-state index is -3.47. The first-order chi connectivity index (χ1) is 21.6. The largest absolute Gasteiger partial charge is 0.339 e. The molecule has 2 heterocycles. The topological polar surface area (TPSA) is 85.0 Å². The van der Waals surface area contributed by atoms with Gasteiger partial charge >= 0.3 is 0 Å². The lowest BCUT2D eigenvalue weighted by Gasteiger charge is -2.41. The van der Waals surface area contributed by atoms with Crippen LogP contribution in [0.1, 0.15) is 35.2 Å². The Labute approximate surface area is 271 Å². The van der Waals surface area contributed by atoms with Gasteiger partial charge in [0.15, 0.2) is 0 Å². The first kappa shape index (κ1) is 33.5. The molecule has 242 valence electrons. The van der Waals surface area contributed by atoms with Crippen LogP contribution < -0.4 is 10.6 Å². The average molecular weight is 656 g/mol. The van der Waals surface area contributed by atoms with Crippen LogP contribution >= 0.6 is 11.6 Å². The fraction of sp³-hybridized carbons (Fsp3) is 0.441. The van der Waals surface area contributed by atoms with Gasteiger partial charge in [-0.1, -0.05) is 73.1 Å². The van der Waals surface area contributed by atoms with Gasteiger partial charge in [-0.15, -0.1) is 0 Å². The van der Waals surface area contributed by atoms with E-state index >= 15 is 4.39 Å². The number of hydrogen-bond acceptors (Lipinski definition) is 6. The molecule has 11 heteroatoms. The van der Waals surface area contributed by atoms with Crippen molar-refractivity contribution in [3.8, 4) is 0 Å². The van der Waals surface area contributed by atoms with E-state index < -0.39 is 22.1 Å². The second-order valence-electron chi connectivity index (χ2n) is 12.0. The number of rotatable bonds is 12. The third-order valence-corrected chi connectivity index (χ3v) is 10.6. The molecule has 8 nitrogen and oxygen atoms in total. The molecule has 3 aromatic rings. The Bertz CT molecular complexity index is 1550. The van der Waals surface area contributed by atoms with Gasteiger partial charge < -0.3 is 15.5 Å². The normalized spacial score (nSPS) is 18.9. The highest BCUT2D eigenvalue weighted by Gasteiger charge is 2.34. The van der Waals surface area contributed by atoms with Crippen molar-refractivity contribution >= 4 is 27.5 Å². The Balaban J connectivity index is 1.28. The molecule has 0 bridgehead atoms. The van der Waals surface area contributed by atoms with Crippen LogP contribution in [-0.2, 0) is 34.2 Å². The molecule has 1 amide bonds. The van der Waals surface area contributed by atoms with Gasteiger partial charge in [-0.25, -0.2) is 17.1 Å². The van der Waals surface area contributed by atoms with E-state index in [-0.39, 0.29) is 24.3 Å². The number of carbonyl (C=O) groups excluding carboxylic acids is 1. The first-order valence-corrected chi connectivity index (χ1v) is 17.9. The predicted molar refractivity (Wildman–Crippen MR) is 177 cm³/mol. The fourth-order valence-corrected chi connectivity index (χ4v) is 7.38. The third-order valence-electron chi connectivity index (χ3n) is 8.96. The number of likely N-dealkylation sites (N-methyl/N-ethyl adjacent to an activating group) is 1. The van der Waals surface area contributed by atoms with E-state index in [0.717, 1.165) is 18.5 Å². The summed E-state index contributed by atoms with van der Waals surface area (Å²) < 4.78 is 41.3. The first-order valence-electron chi connectivity index (χ1n) is 15.6. The van der Waals surface area contributed by atoms with Crippen LogP contribution in [-0.4, -0.2) is 92.6 Å². The van der Waals surface area contributed by atoms with Gasteiger partial charge in [-0.3, -0.25) is 9.69 Å². The van der Waals surface area contributed by atoms with Crippen LogP contribution in [0.2, 0.25) is 5.02 Å². The molecule has 2 aliphatic heterocycles. The number of amides is 1. The number of fused-ring (bicyclic) bond motifs is 1. The number of hydrogen-bond donors (Lipinski definition) is 2. The number of piperazine rings is 1. The molecule has 0 aliphatic carbocycles. The van der Waals surface area contributed by atoms with E-state index in [4.69, 9.17) is 11.6 Å². The predicted octanol–water partition coefficient (Wildman–Crippen LogP) is 3.86. The maximum Gasteiger partial charge on any atom is 0.240 e. The smallest absolute Gasteiger partial charge is 0.240 e. The average Bonchev–Trinajstić information content (AvgIpc) is 3.04. The van der Waals surface area contributed by atoms with Crippen molar-refractivity contribution in [3.63, 3.8) is 0 Å². The Kier molecular flexibility index (Phi) is 11.3. The maximum atomic E-state index is 15.0. The SMILES string of the molecule is CCN(CC(c1ccccc1F)N1CCN(C(=O)[C@@H](Cc2ccc(Cl)cc2)NC[C@H]2Cc3ccccc3CN2)CC1)S(C)(=O)=O. The van der Waals surface area contributed by atoms with Crippen LogP contribution in [0.15, 0.2) is 72.8 Å². The number of sulfonamides is 1. The zero-order valence-corrected chi connectivity index (χ0v) is 27.5. The number of halogens is 2. The quantitative estimate of drug-likeness (QED) is 0.308. The van der Waals surface area contributed by atoms with Gasteiger partial charge in [-0.2, -0.15) is 0 Å². The highest BCUT2D eigenvalue weighted by atomic mass is 35.5. The van der Waals surface area contributed by atoms with Crippen molar-refractivity contribution in [2.75, 3.05) is 52.1 Å². The Morgan fingerprint density at radius 1 is 1.02 bits per heavy atom. The minimum Gasteiger partial charge on any atom is -0.339 e. The molecule has 0 aromatic heterocycles. The lowest BCUT2D eigenvalue weighted by Crippen LogP contribution is -2.57. The van der Waals surface area contributed by atoms with Gasteiger partial charge in [0.1, 0.15) is 5.82 Å². The van der Waals surface area contributed by atoms with E-state index in [1.807, 2.05) is 29.2 Å². The zero-order chi connectivity index (χ0) is 32.0. The van der Waals surface area contributed by atoms with Gasteiger partial charge in [0.2, 0.25) is 15.9 Å². The van der Waals surface area contributed by atoms with Gasteiger partial charge in [0.05, 0.1) is 18.3 Å². The summed E-state index contributed by atoms with van der Waals surface area (Å²) in [4.78, 5) is 18.0. The van der Waals surface area contributed by atoms with E-state index in [2.05, 4.69) is 39.8 Å². The monoisotopic (exact) mass is 655 g/mol. The molecule has 2 N–H and O–H groups in total. The molecule has 1 saturated heterocycles. The van der Waals surface area contributed by atoms with Gasteiger partial charge in [-0.05, 0) is 47.7 Å². The lowest BCUT2D eigenvalue weighted by molar-refractivity contribution is -0.135. The highest BCUT2D eigenvalue weighted by Crippen LogP contribution is 2.27. The third kappa shape index (κ3) is 8.69. The van der Waals surface area contributed by atoms with E-state index in [9.17, 15) is 13.2 Å². The van der Waals surface area contributed by atoms with E-state index in [1.54, 1.807) is 25.1 Å². The van der Waals surface area contributed by atoms with Gasteiger partial charge in [0.25, 0.3) is 0 Å². The maximum absolute atomic E-state index is 15.0. The number of nitrogens with one attached hydrogen (secondary N) is 2. The van der Waals surface area contributed by atoms with Crippen LogP contribution in [0.25, 0.3) is 0 Å². The van der Waals surface area contributed by atoms with E-state index in [0.29, 0.717) is 56.3 Å². The number of nitrogens with zero attached hydrogens (tertiary/aromatic N) is 3. The van der Waals surface area contributed by atoms with Crippen molar-refractivity contribution < 1.29 is 17.6 Å². The fourth-order valence-electron chi connectivity index (χ4n) is 6.37. The molecule has 3 aromatic carbocycles. The number of benzene rings is 3. The van der Waals surface area contributed by atoms with Crippen molar-refractivity contribution in [2.45, 2.75) is 44.4 Å². The molecule has 3 atom stereocenters. The molecule has 5 rings (SSSR count). The van der Waals surface area contributed by atoms with Crippen molar-refractivity contribution in [1.82, 2.24) is 24.7 Å². The molecule has 0 radical (unpaired) electrons. The molecule has 0 saturated carbocycles. The Morgan fingerprint density at radius 3 is 2.36 bits per heavy atom. The van der Waals surface area contributed by atoms with Crippen LogP contribution in [0, 0.1) is 5.82 Å². The Morgan fingerprint density at radius 2 is 1.69 bits per heavy atom. The second kappa shape index (κ2) is 15.2. The second-order valence-corrected chi connectivity index (χ2v) is 14.4. The van der Waals surface area contributed by atoms with Crippen molar-refractivity contribution in [3.05, 3.63) is 106 Å². The van der Waals surface area contributed by atoms with Crippen LogP contribution in [0.5, 0.6) is 0 Å². The van der Waals surface area contributed by atoms with Crippen molar-refractivity contribution in [2.24, 2.45) is 0 Å². The van der Waals surface area contributed by atoms with Gasteiger partial charge in [0, 0.05) is 69.0 Å². The molecule has 0 spiro atoms. The molecule has 1 fully saturated rings. The molecule has 45 heavy (non-hydrogen) atoms. The minimum absolute atomic E-state index is 0.0228. The van der Waals surface area contributed by atoms with Crippen molar-refractivity contribution in [1.29, 1.82) is 0 Å². The van der Waals surface area contributed by atoms with Crippen LogP contribution in [0.4, 0.5) is 4.39 Å². The summed E-state index contributed by atoms with van der Waals surface area (Å²) in [5, 5.41) is 7.83. The highest BCUT2D eigenvalue weighted by molar-refractivity contribution is 7.88. The van der Waals surface area contributed by atoms with Crippen LogP contribution in [0.3, 0.4) is 0 Å². The zero-order valence-electron chi connectivity index (χ0n) is 26.0. The summed E-state index contributed by atoms with van der Waals surface area (Å²) in [5.74, 6) is -0.341. The molecule has 1 unspecified atom stereocenters. The molecule has 2 aliphatic rings. The summed E-state index contributed by atoms with van der Waals surface area (Å²) in [5.41, 5.74) is 4.13. The summed E-state index contributed by atoms with van der Waals surface area (Å²) in [6, 6.07) is 21.9. The summed E-state index contributed by atoms with van der Waals surface area (Å²) >= 11 is 6.13. The molecular formula is C34H43ClFN5O3S. The lowest BCUT2D eigenvalue weighted by atomic mass is 9.95. The summed E-state index contributed by atoms with van der Waals surface area (Å²) in [6.45, 7) is 5.59. The van der Waals surface area contributed by atoms with E-state index in [1.165, 1.54) is 27.8 Å².